The number of rotatable bonds is 7. The van der Waals surface area contributed by atoms with E-state index in [4.69, 9.17) is 12.2 Å². The lowest BCUT2D eigenvalue weighted by Crippen LogP contribution is -2.32. The molecule has 0 aliphatic rings. The van der Waals surface area contributed by atoms with Crippen LogP contribution >= 0.6 is 12.2 Å². The SMILES string of the molecule is Cc1cc(C)nc(NS(=O)(=O)c2ccc(NC(=S)NC(=O)C=Cc3ccc([N+](=O)[O-])cc3)cc2)n1. The molecule has 0 bridgehead atoms. The number of benzene rings is 2. The number of non-ortho nitro benzene ring substituents is 1. The van der Waals surface area contributed by atoms with E-state index in [0.29, 0.717) is 22.6 Å². The van der Waals surface area contributed by atoms with Crippen LogP contribution in [0.25, 0.3) is 6.08 Å². The molecular formula is C22H20N6O5S2. The van der Waals surface area contributed by atoms with Gasteiger partial charge >= 0.3 is 0 Å². The smallest absolute Gasteiger partial charge is 0.269 e. The summed E-state index contributed by atoms with van der Waals surface area (Å²) in [5, 5.41) is 15.9. The predicted octanol–water partition coefficient (Wildman–Crippen LogP) is 3.33. The minimum Gasteiger partial charge on any atom is -0.332 e. The molecule has 0 saturated carbocycles. The molecule has 0 aliphatic carbocycles. The number of nitro groups is 1. The van der Waals surface area contributed by atoms with Crippen molar-refractivity contribution in [2.45, 2.75) is 18.7 Å². The molecule has 0 unspecified atom stereocenters. The van der Waals surface area contributed by atoms with Gasteiger partial charge in [-0.05, 0) is 80.2 Å². The van der Waals surface area contributed by atoms with Crippen molar-refractivity contribution in [3.8, 4) is 0 Å². The van der Waals surface area contributed by atoms with Crippen LogP contribution in [0.15, 0.2) is 65.6 Å². The average Bonchev–Trinajstić information content (AvgIpc) is 2.77. The standard InChI is InChI=1S/C22H20N6O5S2/c1-14-13-15(2)24-21(23-14)27-35(32,33)19-10-6-17(7-11-19)25-22(34)26-20(29)12-5-16-3-8-18(9-4-16)28(30)31/h3-13H,1-2H3,(H,23,24,27)(H2,25,26,29,34). The number of amides is 1. The summed E-state index contributed by atoms with van der Waals surface area (Å²) < 4.78 is 27.6. The molecule has 1 heterocycles. The lowest BCUT2D eigenvalue weighted by atomic mass is 10.2. The zero-order valence-corrected chi connectivity index (χ0v) is 20.2. The maximum absolute atomic E-state index is 12.6. The molecule has 3 rings (SSSR count). The Hall–Kier alpha value is -4.23. The lowest BCUT2D eigenvalue weighted by Gasteiger charge is -2.10. The van der Waals surface area contributed by atoms with E-state index < -0.39 is 20.9 Å². The number of hydrogen-bond donors (Lipinski definition) is 3. The van der Waals surface area contributed by atoms with E-state index >= 15 is 0 Å². The molecule has 0 radical (unpaired) electrons. The van der Waals surface area contributed by atoms with Crippen molar-refractivity contribution >= 4 is 56.7 Å². The van der Waals surface area contributed by atoms with Gasteiger partial charge in [0, 0.05) is 35.3 Å². The Bertz CT molecular complexity index is 1390. The van der Waals surface area contributed by atoms with Crippen molar-refractivity contribution < 1.29 is 18.1 Å². The minimum atomic E-state index is -3.90. The molecule has 3 aromatic rings. The lowest BCUT2D eigenvalue weighted by molar-refractivity contribution is -0.384. The topological polar surface area (TPSA) is 156 Å². The molecule has 11 nitrogen and oxygen atoms in total. The van der Waals surface area contributed by atoms with E-state index in [0.717, 1.165) is 0 Å². The van der Waals surface area contributed by atoms with Gasteiger partial charge in [0.2, 0.25) is 11.9 Å². The minimum absolute atomic E-state index is 0.000664. The average molecular weight is 513 g/mol. The summed E-state index contributed by atoms with van der Waals surface area (Å²) in [7, 11) is -3.90. The fourth-order valence-electron chi connectivity index (χ4n) is 2.86. The highest BCUT2D eigenvalue weighted by molar-refractivity contribution is 7.92. The zero-order valence-electron chi connectivity index (χ0n) is 18.6. The van der Waals surface area contributed by atoms with Crippen molar-refractivity contribution in [3.05, 3.63) is 87.7 Å². The van der Waals surface area contributed by atoms with Gasteiger partial charge in [-0.25, -0.2) is 23.1 Å². The molecule has 13 heteroatoms. The highest BCUT2D eigenvalue weighted by atomic mass is 32.2. The maximum Gasteiger partial charge on any atom is 0.269 e. The van der Waals surface area contributed by atoms with E-state index in [-0.39, 0.29) is 21.6 Å². The molecule has 0 atom stereocenters. The van der Waals surface area contributed by atoms with Gasteiger partial charge in [0.25, 0.3) is 15.7 Å². The number of aryl methyl sites for hydroxylation is 2. The van der Waals surface area contributed by atoms with E-state index in [1.165, 1.54) is 60.7 Å². The molecule has 0 saturated heterocycles. The second-order valence-corrected chi connectivity index (χ2v) is 9.32. The summed E-state index contributed by atoms with van der Waals surface area (Å²) >= 11 is 5.11. The van der Waals surface area contributed by atoms with Gasteiger partial charge in [-0.2, -0.15) is 0 Å². The molecule has 3 N–H and O–H groups in total. The van der Waals surface area contributed by atoms with Crippen molar-refractivity contribution in [3.63, 3.8) is 0 Å². The van der Waals surface area contributed by atoms with Gasteiger partial charge in [0.05, 0.1) is 9.82 Å². The van der Waals surface area contributed by atoms with Crippen LogP contribution in [0.5, 0.6) is 0 Å². The Morgan fingerprint density at radius 1 is 1.03 bits per heavy atom. The fourth-order valence-corrected chi connectivity index (χ4v) is 4.03. The van der Waals surface area contributed by atoms with Gasteiger partial charge in [0.15, 0.2) is 5.11 Å². The molecule has 1 aromatic heterocycles. The molecule has 1 amide bonds. The third kappa shape index (κ3) is 7.38. The fraction of sp³-hybridized carbons (Fsp3) is 0.0909. The molecule has 0 fully saturated rings. The van der Waals surface area contributed by atoms with Crippen LogP contribution in [0.1, 0.15) is 17.0 Å². The Labute approximate surface area is 206 Å². The first-order valence-corrected chi connectivity index (χ1v) is 11.9. The zero-order chi connectivity index (χ0) is 25.6. The van der Waals surface area contributed by atoms with Crippen LogP contribution in [0.2, 0.25) is 0 Å². The number of carbonyl (C=O) groups excluding carboxylic acids is 1. The Morgan fingerprint density at radius 2 is 1.63 bits per heavy atom. The number of nitrogens with zero attached hydrogens (tertiary/aromatic N) is 3. The van der Waals surface area contributed by atoms with Crippen LogP contribution in [-0.2, 0) is 14.8 Å². The van der Waals surface area contributed by atoms with E-state index in [2.05, 4.69) is 25.3 Å². The second kappa shape index (κ2) is 10.8. The summed E-state index contributed by atoms with van der Waals surface area (Å²) in [6, 6.07) is 13.1. The van der Waals surface area contributed by atoms with E-state index in [9.17, 15) is 23.3 Å². The summed E-state index contributed by atoms with van der Waals surface area (Å²) in [5.74, 6) is -0.534. The Balaban J connectivity index is 1.57. The number of aromatic nitrogens is 2. The van der Waals surface area contributed by atoms with Crippen molar-refractivity contribution in [2.24, 2.45) is 0 Å². The Kier molecular flexibility index (Phi) is 7.83. The van der Waals surface area contributed by atoms with Crippen molar-refractivity contribution in [1.29, 1.82) is 0 Å². The number of nitro benzene ring substituents is 1. The number of carbonyl (C=O) groups is 1. The molecule has 2 aromatic carbocycles. The van der Waals surface area contributed by atoms with Crippen LogP contribution in [0.3, 0.4) is 0 Å². The van der Waals surface area contributed by atoms with Crippen molar-refractivity contribution in [2.75, 3.05) is 10.0 Å². The number of sulfonamides is 1. The van der Waals surface area contributed by atoms with Gasteiger partial charge < -0.3 is 5.32 Å². The van der Waals surface area contributed by atoms with Gasteiger partial charge in [-0.3, -0.25) is 20.2 Å². The van der Waals surface area contributed by atoms with Gasteiger partial charge in [0.1, 0.15) is 0 Å². The summed E-state index contributed by atoms with van der Waals surface area (Å²) in [5.41, 5.74) is 2.27. The first-order chi connectivity index (χ1) is 16.5. The summed E-state index contributed by atoms with van der Waals surface area (Å²) in [6.07, 6.45) is 2.71. The summed E-state index contributed by atoms with van der Waals surface area (Å²) in [4.78, 5) is 30.4. The molecular weight excluding hydrogens is 492 g/mol. The van der Waals surface area contributed by atoms with Crippen LogP contribution in [0, 0.1) is 24.0 Å². The Morgan fingerprint density at radius 3 is 2.20 bits per heavy atom. The molecule has 35 heavy (non-hydrogen) atoms. The third-order valence-corrected chi connectivity index (χ3v) is 5.95. The molecule has 180 valence electrons. The maximum atomic E-state index is 12.6. The quantitative estimate of drug-likeness (QED) is 0.187. The molecule has 0 spiro atoms. The second-order valence-electron chi connectivity index (χ2n) is 7.23. The first-order valence-electron chi connectivity index (χ1n) is 10.0. The van der Waals surface area contributed by atoms with Crippen molar-refractivity contribution in [1.82, 2.24) is 15.3 Å². The number of nitrogens with one attached hydrogen (secondary N) is 3. The number of hydrogen-bond acceptors (Lipinski definition) is 8. The highest BCUT2D eigenvalue weighted by Crippen LogP contribution is 2.17. The van der Waals surface area contributed by atoms with Crippen LogP contribution < -0.4 is 15.4 Å². The normalized spacial score (nSPS) is 11.1. The van der Waals surface area contributed by atoms with E-state index in [1.54, 1.807) is 19.9 Å². The predicted molar refractivity (Wildman–Crippen MR) is 135 cm³/mol. The highest BCUT2D eigenvalue weighted by Gasteiger charge is 2.16. The van der Waals surface area contributed by atoms with Crippen LogP contribution in [-0.4, -0.2) is 34.3 Å². The third-order valence-electron chi connectivity index (χ3n) is 4.40. The molecule has 0 aliphatic heterocycles. The monoisotopic (exact) mass is 512 g/mol. The number of anilines is 2. The first kappa shape index (κ1) is 25.4. The largest absolute Gasteiger partial charge is 0.332 e. The van der Waals surface area contributed by atoms with E-state index in [1.807, 2.05) is 0 Å². The van der Waals surface area contributed by atoms with Gasteiger partial charge in [-0.1, -0.05) is 0 Å². The van der Waals surface area contributed by atoms with Crippen LogP contribution in [0.4, 0.5) is 17.3 Å². The summed E-state index contributed by atoms with van der Waals surface area (Å²) in [6.45, 7) is 3.47. The van der Waals surface area contributed by atoms with Gasteiger partial charge in [-0.15, -0.1) is 0 Å². The number of thiocarbonyl (C=S) groups is 1.